The summed E-state index contributed by atoms with van der Waals surface area (Å²) in [4.78, 5) is 16.8. The number of rotatable bonds is 5. The molecular weight excluding hydrogens is 238 g/mol. The molecule has 2 rings (SSSR count). The first-order valence-electron chi connectivity index (χ1n) is 7.88. The maximum Gasteiger partial charge on any atom is 0.224 e. The number of likely N-dealkylation sites (tertiary alicyclic amines) is 1. The van der Waals surface area contributed by atoms with Crippen molar-refractivity contribution >= 4 is 5.91 Å². The van der Waals surface area contributed by atoms with Crippen LogP contribution in [0.3, 0.4) is 0 Å². The zero-order valence-electron chi connectivity index (χ0n) is 12.5. The van der Waals surface area contributed by atoms with Gasteiger partial charge in [-0.15, -0.1) is 0 Å². The Morgan fingerprint density at radius 3 is 2.26 bits per heavy atom. The molecule has 0 unspecified atom stereocenters. The highest BCUT2D eigenvalue weighted by Crippen LogP contribution is 2.33. The molecule has 0 radical (unpaired) electrons. The maximum atomic E-state index is 12.3. The van der Waals surface area contributed by atoms with E-state index < -0.39 is 0 Å². The van der Waals surface area contributed by atoms with Gasteiger partial charge in [0.15, 0.2) is 0 Å². The lowest BCUT2D eigenvalue weighted by molar-refractivity contribution is -0.134. The number of amides is 1. The van der Waals surface area contributed by atoms with E-state index in [0.717, 1.165) is 51.9 Å². The standard InChI is InChI=1S/C15H29N3O/c1-3-17(4-2)13-6-10-18(11-7-13)14(19)12-15(16)8-5-9-15/h13H,3-12,16H2,1-2H3. The van der Waals surface area contributed by atoms with Crippen molar-refractivity contribution in [3.63, 3.8) is 0 Å². The second kappa shape index (κ2) is 6.23. The van der Waals surface area contributed by atoms with Crippen molar-refractivity contribution in [3.8, 4) is 0 Å². The van der Waals surface area contributed by atoms with E-state index in [9.17, 15) is 4.79 Å². The van der Waals surface area contributed by atoms with E-state index >= 15 is 0 Å². The van der Waals surface area contributed by atoms with E-state index in [0.29, 0.717) is 12.5 Å². The Kier molecular flexibility index (Phi) is 4.85. The SMILES string of the molecule is CCN(CC)C1CCN(C(=O)CC2(N)CCC2)CC1. The quantitative estimate of drug-likeness (QED) is 0.823. The van der Waals surface area contributed by atoms with Gasteiger partial charge in [0.05, 0.1) is 0 Å². The Hall–Kier alpha value is -0.610. The summed E-state index contributed by atoms with van der Waals surface area (Å²) in [7, 11) is 0. The fraction of sp³-hybridized carbons (Fsp3) is 0.933. The van der Waals surface area contributed by atoms with Gasteiger partial charge in [-0.25, -0.2) is 0 Å². The third-order valence-electron chi connectivity index (χ3n) is 5.00. The summed E-state index contributed by atoms with van der Waals surface area (Å²) in [5.41, 5.74) is 6.00. The van der Waals surface area contributed by atoms with Crippen LogP contribution in [0.5, 0.6) is 0 Å². The third-order valence-corrected chi connectivity index (χ3v) is 5.00. The maximum absolute atomic E-state index is 12.3. The first-order chi connectivity index (χ1) is 9.08. The smallest absolute Gasteiger partial charge is 0.224 e. The van der Waals surface area contributed by atoms with Crippen molar-refractivity contribution < 1.29 is 4.79 Å². The first kappa shape index (κ1) is 14.8. The molecule has 0 bridgehead atoms. The molecule has 4 nitrogen and oxygen atoms in total. The van der Waals surface area contributed by atoms with E-state index in [-0.39, 0.29) is 11.4 Å². The molecule has 1 heterocycles. The van der Waals surface area contributed by atoms with Gasteiger partial charge in [0.2, 0.25) is 5.91 Å². The van der Waals surface area contributed by atoms with Gasteiger partial charge in [-0.1, -0.05) is 13.8 Å². The molecule has 2 N–H and O–H groups in total. The van der Waals surface area contributed by atoms with E-state index in [1.54, 1.807) is 0 Å². The zero-order valence-corrected chi connectivity index (χ0v) is 12.5. The monoisotopic (exact) mass is 267 g/mol. The van der Waals surface area contributed by atoms with Crippen molar-refractivity contribution in [3.05, 3.63) is 0 Å². The van der Waals surface area contributed by atoms with Crippen LogP contribution >= 0.6 is 0 Å². The fourth-order valence-corrected chi connectivity index (χ4v) is 3.44. The van der Waals surface area contributed by atoms with Crippen molar-refractivity contribution in [2.45, 2.75) is 64.0 Å². The summed E-state index contributed by atoms with van der Waals surface area (Å²) in [6, 6.07) is 0.662. The molecule has 1 aliphatic heterocycles. The van der Waals surface area contributed by atoms with Crippen LogP contribution in [0.2, 0.25) is 0 Å². The molecular formula is C15H29N3O. The zero-order chi connectivity index (χ0) is 13.9. The Morgan fingerprint density at radius 1 is 1.26 bits per heavy atom. The van der Waals surface area contributed by atoms with Gasteiger partial charge in [-0.05, 0) is 45.2 Å². The van der Waals surface area contributed by atoms with Crippen molar-refractivity contribution in [1.29, 1.82) is 0 Å². The Labute approximate surface area is 117 Å². The fourth-order valence-electron chi connectivity index (χ4n) is 3.44. The largest absolute Gasteiger partial charge is 0.343 e. The Morgan fingerprint density at radius 2 is 1.84 bits per heavy atom. The number of nitrogens with zero attached hydrogens (tertiary/aromatic N) is 2. The minimum atomic E-state index is -0.174. The molecule has 1 amide bonds. The molecule has 1 saturated carbocycles. The topological polar surface area (TPSA) is 49.6 Å². The average molecular weight is 267 g/mol. The molecule has 0 spiro atoms. The van der Waals surface area contributed by atoms with Crippen LogP contribution in [0.25, 0.3) is 0 Å². The highest BCUT2D eigenvalue weighted by molar-refractivity contribution is 5.77. The van der Waals surface area contributed by atoms with Gasteiger partial charge in [0.25, 0.3) is 0 Å². The van der Waals surface area contributed by atoms with Crippen LogP contribution in [-0.2, 0) is 4.79 Å². The van der Waals surface area contributed by atoms with Crippen molar-refractivity contribution in [2.24, 2.45) is 5.73 Å². The van der Waals surface area contributed by atoms with Crippen LogP contribution in [-0.4, -0.2) is 53.5 Å². The van der Waals surface area contributed by atoms with Gasteiger partial charge in [0.1, 0.15) is 0 Å². The Balaban J connectivity index is 1.77. The lowest BCUT2D eigenvalue weighted by Gasteiger charge is -2.41. The molecule has 4 heteroatoms. The average Bonchev–Trinajstić information content (AvgIpc) is 2.39. The van der Waals surface area contributed by atoms with Crippen LogP contribution in [0.15, 0.2) is 0 Å². The van der Waals surface area contributed by atoms with E-state index in [4.69, 9.17) is 5.73 Å². The molecule has 110 valence electrons. The molecule has 0 aromatic rings. The van der Waals surface area contributed by atoms with E-state index in [1.165, 1.54) is 6.42 Å². The van der Waals surface area contributed by atoms with Gasteiger partial charge in [-0.2, -0.15) is 0 Å². The molecule has 0 aromatic carbocycles. The number of nitrogens with two attached hydrogens (primary N) is 1. The number of hydrogen-bond acceptors (Lipinski definition) is 3. The summed E-state index contributed by atoms with van der Waals surface area (Å²) in [6.07, 6.45) is 6.02. The van der Waals surface area contributed by atoms with Crippen LogP contribution < -0.4 is 5.73 Å². The minimum absolute atomic E-state index is 0.174. The second-order valence-corrected chi connectivity index (χ2v) is 6.23. The lowest BCUT2D eigenvalue weighted by atomic mass is 9.75. The van der Waals surface area contributed by atoms with Crippen LogP contribution in [0.4, 0.5) is 0 Å². The van der Waals surface area contributed by atoms with Crippen molar-refractivity contribution in [2.75, 3.05) is 26.2 Å². The van der Waals surface area contributed by atoms with Gasteiger partial charge in [-0.3, -0.25) is 4.79 Å². The second-order valence-electron chi connectivity index (χ2n) is 6.23. The predicted octanol–water partition coefficient (Wildman–Crippen LogP) is 1.59. The van der Waals surface area contributed by atoms with E-state index in [2.05, 4.69) is 18.7 Å². The molecule has 1 saturated heterocycles. The molecule has 2 aliphatic rings. The summed E-state index contributed by atoms with van der Waals surface area (Å²) in [5, 5.41) is 0. The van der Waals surface area contributed by atoms with Gasteiger partial charge in [0, 0.05) is 31.1 Å². The molecule has 2 fully saturated rings. The highest BCUT2D eigenvalue weighted by Gasteiger charge is 2.36. The first-order valence-corrected chi connectivity index (χ1v) is 7.88. The molecule has 19 heavy (non-hydrogen) atoms. The summed E-state index contributed by atoms with van der Waals surface area (Å²) in [6.45, 7) is 8.49. The number of carbonyl (C=O) groups is 1. The van der Waals surface area contributed by atoms with Crippen LogP contribution in [0, 0.1) is 0 Å². The normalized spacial score (nSPS) is 23.5. The lowest BCUT2D eigenvalue weighted by Crippen LogP contribution is -2.52. The Bertz CT molecular complexity index is 303. The van der Waals surface area contributed by atoms with Crippen LogP contribution in [0.1, 0.15) is 52.4 Å². The summed E-state index contributed by atoms with van der Waals surface area (Å²) >= 11 is 0. The van der Waals surface area contributed by atoms with Gasteiger partial charge >= 0.3 is 0 Å². The number of hydrogen-bond donors (Lipinski definition) is 1. The highest BCUT2D eigenvalue weighted by atomic mass is 16.2. The molecule has 0 atom stereocenters. The van der Waals surface area contributed by atoms with E-state index in [1.807, 2.05) is 4.90 Å². The van der Waals surface area contributed by atoms with Gasteiger partial charge < -0.3 is 15.5 Å². The summed E-state index contributed by atoms with van der Waals surface area (Å²) in [5.74, 6) is 0.278. The van der Waals surface area contributed by atoms with Crippen molar-refractivity contribution in [1.82, 2.24) is 9.80 Å². The molecule has 0 aromatic heterocycles. The third kappa shape index (κ3) is 3.48. The number of piperidine rings is 1. The summed E-state index contributed by atoms with van der Waals surface area (Å²) < 4.78 is 0. The molecule has 1 aliphatic carbocycles. The predicted molar refractivity (Wildman–Crippen MR) is 77.9 cm³/mol. The number of carbonyl (C=O) groups excluding carboxylic acids is 1. The minimum Gasteiger partial charge on any atom is -0.343 e.